The zero-order valence-electron chi connectivity index (χ0n) is 8.53. The first-order valence-electron chi connectivity index (χ1n) is 5.19. The van der Waals surface area contributed by atoms with Crippen LogP contribution in [-0.2, 0) is 13.0 Å². The van der Waals surface area contributed by atoms with Crippen molar-refractivity contribution < 1.29 is 8.78 Å². The lowest BCUT2D eigenvalue weighted by Gasteiger charge is -1.98. The van der Waals surface area contributed by atoms with Crippen molar-refractivity contribution >= 4 is 0 Å². The molecular weight excluding hydrogens is 210 g/mol. The molecule has 1 aromatic heterocycles. The molecule has 0 fully saturated rings. The molecule has 4 heteroatoms. The molecule has 0 saturated carbocycles. The van der Waals surface area contributed by atoms with Crippen molar-refractivity contribution in [3.63, 3.8) is 0 Å². The normalized spacial score (nSPS) is 18.8. The highest BCUT2D eigenvalue weighted by atomic mass is 19.1. The zero-order valence-corrected chi connectivity index (χ0v) is 8.53. The smallest absolute Gasteiger partial charge is 0.125 e. The first-order chi connectivity index (χ1) is 7.72. The second kappa shape index (κ2) is 3.40. The summed E-state index contributed by atoms with van der Waals surface area (Å²) in [5, 5.41) is 4.30. The quantitative estimate of drug-likeness (QED) is 0.722. The van der Waals surface area contributed by atoms with Crippen molar-refractivity contribution in [1.82, 2.24) is 9.78 Å². The van der Waals surface area contributed by atoms with Crippen LogP contribution in [0, 0.1) is 5.82 Å². The molecule has 1 unspecified atom stereocenters. The Morgan fingerprint density at radius 3 is 2.69 bits per heavy atom. The van der Waals surface area contributed by atoms with E-state index in [-0.39, 0.29) is 5.82 Å². The number of hydrogen-bond acceptors (Lipinski definition) is 1. The number of alkyl halides is 1. The van der Waals surface area contributed by atoms with E-state index >= 15 is 0 Å². The van der Waals surface area contributed by atoms with E-state index in [4.69, 9.17) is 0 Å². The van der Waals surface area contributed by atoms with Gasteiger partial charge >= 0.3 is 0 Å². The van der Waals surface area contributed by atoms with E-state index in [9.17, 15) is 8.78 Å². The highest BCUT2D eigenvalue weighted by Gasteiger charge is 2.22. The highest BCUT2D eigenvalue weighted by Crippen LogP contribution is 2.24. The largest absolute Gasteiger partial charge is 0.266 e. The SMILES string of the molecule is Fc1ccc(-c2cc3n(n2)CC(F)C3)cc1. The van der Waals surface area contributed by atoms with Crippen LogP contribution in [0.3, 0.4) is 0 Å². The fourth-order valence-electron chi connectivity index (χ4n) is 2.02. The molecule has 0 saturated heterocycles. The zero-order chi connectivity index (χ0) is 11.1. The third-order valence-corrected chi connectivity index (χ3v) is 2.80. The van der Waals surface area contributed by atoms with Crippen LogP contribution in [0.1, 0.15) is 5.69 Å². The van der Waals surface area contributed by atoms with Gasteiger partial charge in [0.2, 0.25) is 0 Å². The highest BCUT2D eigenvalue weighted by molar-refractivity contribution is 5.59. The van der Waals surface area contributed by atoms with Crippen molar-refractivity contribution in [3.8, 4) is 11.3 Å². The lowest BCUT2D eigenvalue weighted by atomic mass is 10.1. The Balaban J connectivity index is 1.97. The standard InChI is InChI=1S/C12H10F2N2/c13-9-3-1-8(2-4-9)12-6-11-5-10(14)7-16(11)15-12/h1-4,6,10H,5,7H2. The van der Waals surface area contributed by atoms with Gasteiger partial charge in [-0.25, -0.2) is 8.78 Å². The molecule has 1 atom stereocenters. The molecule has 1 aliphatic heterocycles. The average molecular weight is 220 g/mol. The second-order valence-electron chi connectivity index (χ2n) is 4.01. The molecule has 2 nitrogen and oxygen atoms in total. The number of fused-ring (bicyclic) bond motifs is 1. The Hall–Kier alpha value is -1.71. The molecule has 2 heterocycles. The molecule has 1 aliphatic rings. The van der Waals surface area contributed by atoms with Crippen LogP contribution >= 0.6 is 0 Å². The fraction of sp³-hybridized carbons (Fsp3) is 0.250. The van der Waals surface area contributed by atoms with Crippen LogP contribution in [0.5, 0.6) is 0 Å². The van der Waals surface area contributed by atoms with Crippen LogP contribution in [0.2, 0.25) is 0 Å². The van der Waals surface area contributed by atoms with Gasteiger partial charge in [0.05, 0.1) is 12.2 Å². The van der Waals surface area contributed by atoms with Crippen LogP contribution in [0.25, 0.3) is 11.3 Å². The first-order valence-corrected chi connectivity index (χ1v) is 5.19. The Kier molecular flexibility index (Phi) is 2.02. The van der Waals surface area contributed by atoms with Gasteiger partial charge in [-0.2, -0.15) is 5.10 Å². The predicted octanol–water partition coefficient (Wildman–Crippen LogP) is 2.58. The van der Waals surface area contributed by atoms with Gasteiger partial charge in [0.15, 0.2) is 0 Å². The van der Waals surface area contributed by atoms with E-state index in [1.165, 1.54) is 12.1 Å². The predicted molar refractivity (Wildman–Crippen MR) is 56.2 cm³/mol. The van der Waals surface area contributed by atoms with Crippen molar-refractivity contribution in [3.05, 3.63) is 41.8 Å². The molecule has 1 aromatic carbocycles. The summed E-state index contributed by atoms with van der Waals surface area (Å²) in [6, 6.07) is 8.03. The van der Waals surface area contributed by atoms with E-state index in [0.29, 0.717) is 13.0 Å². The summed E-state index contributed by atoms with van der Waals surface area (Å²) < 4.78 is 27.5. The van der Waals surface area contributed by atoms with Crippen molar-refractivity contribution in [1.29, 1.82) is 0 Å². The fourth-order valence-corrected chi connectivity index (χ4v) is 2.02. The van der Waals surface area contributed by atoms with E-state index < -0.39 is 6.17 Å². The lowest BCUT2D eigenvalue weighted by Crippen LogP contribution is -2.03. The Morgan fingerprint density at radius 1 is 1.25 bits per heavy atom. The molecule has 0 N–H and O–H groups in total. The van der Waals surface area contributed by atoms with Gasteiger partial charge in [-0.1, -0.05) is 0 Å². The van der Waals surface area contributed by atoms with Gasteiger partial charge in [0, 0.05) is 17.7 Å². The Morgan fingerprint density at radius 2 is 2.00 bits per heavy atom. The van der Waals surface area contributed by atoms with Crippen molar-refractivity contribution in [2.45, 2.75) is 19.1 Å². The second-order valence-corrected chi connectivity index (χ2v) is 4.01. The number of rotatable bonds is 1. The van der Waals surface area contributed by atoms with Crippen LogP contribution < -0.4 is 0 Å². The summed E-state index contributed by atoms with van der Waals surface area (Å²) in [6.45, 7) is 0.330. The molecule has 0 spiro atoms. The van der Waals surface area contributed by atoms with Gasteiger partial charge in [-0.3, -0.25) is 4.68 Å². The summed E-state index contributed by atoms with van der Waals surface area (Å²) >= 11 is 0. The monoisotopic (exact) mass is 220 g/mol. The number of benzene rings is 1. The van der Waals surface area contributed by atoms with Crippen LogP contribution in [0.4, 0.5) is 8.78 Å². The van der Waals surface area contributed by atoms with Gasteiger partial charge in [-0.05, 0) is 30.3 Å². The van der Waals surface area contributed by atoms with Crippen LogP contribution in [0.15, 0.2) is 30.3 Å². The third-order valence-electron chi connectivity index (χ3n) is 2.80. The summed E-state index contributed by atoms with van der Waals surface area (Å²) in [7, 11) is 0. The number of hydrogen-bond donors (Lipinski definition) is 0. The minimum Gasteiger partial charge on any atom is -0.266 e. The minimum atomic E-state index is -0.815. The number of aromatic nitrogens is 2. The summed E-state index contributed by atoms with van der Waals surface area (Å²) in [5.41, 5.74) is 2.55. The summed E-state index contributed by atoms with van der Waals surface area (Å²) in [5.74, 6) is -0.265. The molecule has 2 aromatic rings. The molecule has 0 bridgehead atoms. The lowest BCUT2D eigenvalue weighted by molar-refractivity contribution is 0.322. The number of nitrogens with zero attached hydrogens (tertiary/aromatic N) is 2. The molecule has 82 valence electrons. The van der Waals surface area contributed by atoms with Crippen LogP contribution in [-0.4, -0.2) is 16.0 Å². The van der Waals surface area contributed by atoms with E-state index in [1.807, 2.05) is 6.07 Å². The maximum Gasteiger partial charge on any atom is 0.125 e. The Bertz CT molecular complexity index is 493. The first kappa shape index (κ1) is 9.51. The minimum absolute atomic E-state index is 0.265. The van der Waals surface area contributed by atoms with Gasteiger partial charge in [-0.15, -0.1) is 0 Å². The van der Waals surface area contributed by atoms with E-state index in [2.05, 4.69) is 5.10 Å². The van der Waals surface area contributed by atoms with Gasteiger partial charge in [0.1, 0.15) is 12.0 Å². The van der Waals surface area contributed by atoms with Crippen molar-refractivity contribution in [2.75, 3.05) is 0 Å². The molecule has 0 radical (unpaired) electrons. The average Bonchev–Trinajstić information content (AvgIpc) is 2.75. The van der Waals surface area contributed by atoms with E-state index in [0.717, 1.165) is 17.0 Å². The maximum atomic E-state index is 13.0. The molecule has 0 amide bonds. The number of halogens is 2. The van der Waals surface area contributed by atoms with Gasteiger partial charge in [0.25, 0.3) is 0 Å². The third kappa shape index (κ3) is 1.50. The topological polar surface area (TPSA) is 17.8 Å². The van der Waals surface area contributed by atoms with Gasteiger partial charge < -0.3 is 0 Å². The maximum absolute atomic E-state index is 13.0. The van der Waals surface area contributed by atoms with Crippen molar-refractivity contribution in [2.24, 2.45) is 0 Å². The van der Waals surface area contributed by atoms with E-state index in [1.54, 1.807) is 16.8 Å². The summed E-state index contributed by atoms with van der Waals surface area (Å²) in [6.07, 6.45) is -0.390. The molecule has 3 rings (SSSR count). The molecule has 16 heavy (non-hydrogen) atoms. The molecular formula is C12H10F2N2. The molecule has 0 aliphatic carbocycles. The summed E-state index contributed by atoms with van der Waals surface area (Å²) in [4.78, 5) is 0. The Labute approximate surface area is 91.5 Å².